The minimum Gasteiger partial charge on any atom is -0.494 e. The van der Waals surface area contributed by atoms with Crippen LogP contribution in [0.5, 0.6) is 5.75 Å². The van der Waals surface area contributed by atoms with E-state index in [9.17, 15) is 4.79 Å². The van der Waals surface area contributed by atoms with E-state index in [2.05, 4.69) is 17.5 Å². The number of nitrogens with zero attached hydrogens (tertiary/aromatic N) is 1. The number of hydrogen-bond donors (Lipinski definition) is 1. The van der Waals surface area contributed by atoms with E-state index in [1.54, 1.807) is 35.6 Å². The zero-order chi connectivity index (χ0) is 15.1. The van der Waals surface area contributed by atoms with Crippen LogP contribution in [0.3, 0.4) is 0 Å². The highest BCUT2D eigenvalue weighted by molar-refractivity contribution is 7.12. The smallest absolute Gasteiger partial charge is 0.271 e. The van der Waals surface area contributed by atoms with Gasteiger partial charge in [0.15, 0.2) is 0 Å². The number of ether oxygens (including phenoxy) is 1. The molecule has 0 unspecified atom stereocenters. The molecule has 2 rings (SSSR count). The van der Waals surface area contributed by atoms with Crippen molar-refractivity contribution in [1.29, 1.82) is 0 Å². The summed E-state index contributed by atoms with van der Waals surface area (Å²) < 4.78 is 5.48. The van der Waals surface area contributed by atoms with E-state index in [4.69, 9.17) is 4.74 Å². The molecule has 0 fully saturated rings. The molecule has 0 radical (unpaired) electrons. The summed E-state index contributed by atoms with van der Waals surface area (Å²) in [6.45, 7) is 4.60. The summed E-state index contributed by atoms with van der Waals surface area (Å²) in [6, 6.07) is 11.0. The van der Waals surface area contributed by atoms with E-state index in [-0.39, 0.29) is 5.91 Å². The largest absolute Gasteiger partial charge is 0.494 e. The van der Waals surface area contributed by atoms with Crippen LogP contribution in [0.1, 0.15) is 35.5 Å². The van der Waals surface area contributed by atoms with Gasteiger partial charge in [0.1, 0.15) is 5.75 Å². The lowest BCUT2D eigenvalue weighted by molar-refractivity contribution is 0.0955. The minimum absolute atomic E-state index is 0.229. The number of benzene rings is 1. The number of rotatable bonds is 6. The van der Waals surface area contributed by atoms with Gasteiger partial charge in [-0.15, -0.1) is 11.3 Å². The van der Waals surface area contributed by atoms with Gasteiger partial charge in [-0.25, -0.2) is 5.43 Å². The summed E-state index contributed by atoms with van der Waals surface area (Å²) in [7, 11) is 0. The quantitative estimate of drug-likeness (QED) is 0.653. The maximum Gasteiger partial charge on any atom is 0.271 e. The highest BCUT2D eigenvalue weighted by Gasteiger charge is 2.05. The number of amides is 1. The number of carbonyl (C=O) groups is 1. The van der Waals surface area contributed by atoms with Gasteiger partial charge in [-0.3, -0.25) is 4.79 Å². The highest BCUT2D eigenvalue weighted by Crippen LogP contribution is 2.13. The standard InChI is InChI=1S/C16H18N2O2S/c1-3-10-20-14-8-6-13(7-9-14)16(19)18-17-12(2)15-5-4-11-21-15/h4-9,11H,3,10H2,1-2H3,(H,18,19)/b17-12+. The van der Waals surface area contributed by atoms with Crippen LogP contribution < -0.4 is 10.2 Å². The van der Waals surface area contributed by atoms with E-state index < -0.39 is 0 Å². The van der Waals surface area contributed by atoms with Crippen LogP contribution in [-0.4, -0.2) is 18.2 Å². The molecule has 2 aromatic rings. The molecule has 0 aliphatic heterocycles. The topological polar surface area (TPSA) is 50.7 Å². The summed E-state index contributed by atoms with van der Waals surface area (Å²) in [5.74, 6) is 0.541. The van der Waals surface area contributed by atoms with Crippen LogP contribution in [-0.2, 0) is 0 Å². The van der Waals surface area contributed by atoms with Crippen molar-refractivity contribution in [1.82, 2.24) is 5.43 Å². The third kappa shape index (κ3) is 4.43. The molecule has 0 bridgehead atoms. The molecule has 0 spiro atoms. The van der Waals surface area contributed by atoms with Gasteiger partial charge >= 0.3 is 0 Å². The zero-order valence-corrected chi connectivity index (χ0v) is 12.9. The Labute approximate surface area is 128 Å². The van der Waals surface area contributed by atoms with Crippen molar-refractivity contribution in [3.8, 4) is 5.75 Å². The number of nitrogens with one attached hydrogen (secondary N) is 1. The number of thiophene rings is 1. The molecule has 1 N–H and O–H groups in total. The molecule has 0 saturated carbocycles. The Bertz CT molecular complexity index is 604. The molecule has 0 atom stereocenters. The van der Waals surface area contributed by atoms with E-state index >= 15 is 0 Å². The minimum atomic E-state index is -0.229. The predicted octanol–water partition coefficient (Wildman–Crippen LogP) is 3.69. The Hall–Kier alpha value is -2.14. The first-order valence-electron chi connectivity index (χ1n) is 6.82. The molecule has 5 heteroatoms. The third-order valence-electron chi connectivity index (χ3n) is 2.79. The monoisotopic (exact) mass is 302 g/mol. The summed E-state index contributed by atoms with van der Waals surface area (Å²) in [5, 5.41) is 6.09. The molecule has 1 amide bonds. The van der Waals surface area contributed by atoms with E-state index in [0.717, 1.165) is 22.8 Å². The maximum atomic E-state index is 12.0. The molecular weight excluding hydrogens is 284 g/mol. The molecule has 110 valence electrons. The fraction of sp³-hybridized carbons (Fsp3) is 0.250. The van der Waals surface area contributed by atoms with Crippen LogP contribution in [0.15, 0.2) is 46.9 Å². The average Bonchev–Trinajstić information content (AvgIpc) is 3.05. The Kier molecular flexibility index (Phi) is 5.51. The maximum absolute atomic E-state index is 12.0. The lowest BCUT2D eigenvalue weighted by Gasteiger charge is -2.05. The van der Waals surface area contributed by atoms with Crippen molar-refractivity contribution in [3.05, 3.63) is 52.2 Å². The van der Waals surface area contributed by atoms with Gasteiger partial charge < -0.3 is 4.74 Å². The number of carbonyl (C=O) groups excluding carboxylic acids is 1. The second kappa shape index (κ2) is 7.59. The summed E-state index contributed by atoms with van der Waals surface area (Å²) in [4.78, 5) is 13.0. The molecular formula is C16H18N2O2S. The lowest BCUT2D eigenvalue weighted by Crippen LogP contribution is -2.19. The van der Waals surface area contributed by atoms with Crippen LogP contribution >= 0.6 is 11.3 Å². The first kappa shape index (κ1) is 15.3. The van der Waals surface area contributed by atoms with Crippen molar-refractivity contribution in [2.45, 2.75) is 20.3 Å². The number of hydrazone groups is 1. The van der Waals surface area contributed by atoms with E-state index in [0.29, 0.717) is 12.2 Å². The average molecular weight is 302 g/mol. The van der Waals surface area contributed by atoms with E-state index in [1.165, 1.54) is 0 Å². The van der Waals surface area contributed by atoms with E-state index in [1.807, 2.05) is 24.4 Å². The second-order valence-corrected chi connectivity index (χ2v) is 5.44. The highest BCUT2D eigenvalue weighted by atomic mass is 32.1. The molecule has 1 aromatic carbocycles. The first-order valence-corrected chi connectivity index (χ1v) is 7.70. The fourth-order valence-electron chi connectivity index (χ4n) is 1.66. The van der Waals surface area contributed by atoms with Gasteiger partial charge in [-0.05, 0) is 49.1 Å². The van der Waals surface area contributed by atoms with Gasteiger partial charge in [-0.2, -0.15) is 5.10 Å². The van der Waals surface area contributed by atoms with Gasteiger partial charge in [-0.1, -0.05) is 13.0 Å². The van der Waals surface area contributed by atoms with Crippen molar-refractivity contribution >= 4 is 23.0 Å². The summed E-state index contributed by atoms with van der Waals surface area (Å²) in [5.41, 5.74) is 3.91. The molecule has 0 aliphatic rings. The lowest BCUT2D eigenvalue weighted by atomic mass is 10.2. The van der Waals surface area contributed by atoms with Crippen LogP contribution in [0.25, 0.3) is 0 Å². The van der Waals surface area contributed by atoms with Crippen molar-refractivity contribution in [2.75, 3.05) is 6.61 Å². The van der Waals surface area contributed by atoms with Gasteiger partial charge in [0.25, 0.3) is 5.91 Å². The zero-order valence-electron chi connectivity index (χ0n) is 12.1. The van der Waals surface area contributed by atoms with Crippen molar-refractivity contribution < 1.29 is 9.53 Å². The molecule has 21 heavy (non-hydrogen) atoms. The molecule has 1 heterocycles. The Morgan fingerprint density at radius 1 is 1.29 bits per heavy atom. The van der Waals surface area contributed by atoms with Crippen molar-refractivity contribution in [3.63, 3.8) is 0 Å². The second-order valence-electron chi connectivity index (χ2n) is 4.49. The SMILES string of the molecule is CCCOc1ccc(C(=O)N/N=C(\C)c2cccs2)cc1. The molecule has 1 aromatic heterocycles. The van der Waals surface area contributed by atoms with Gasteiger partial charge in [0.2, 0.25) is 0 Å². The Morgan fingerprint density at radius 2 is 2.05 bits per heavy atom. The third-order valence-corrected chi connectivity index (χ3v) is 3.77. The fourth-order valence-corrected chi connectivity index (χ4v) is 2.34. The van der Waals surface area contributed by atoms with Gasteiger partial charge in [0, 0.05) is 10.4 Å². The Balaban J connectivity index is 1.95. The molecule has 4 nitrogen and oxygen atoms in total. The summed E-state index contributed by atoms with van der Waals surface area (Å²) in [6.07, 6.45) is 0.957. The normalized spacial score (nSPS) is 11.2. The van der Waals surface area contributed by atoms with Crippen LogP contribution in [0, 0.1) is 0 Å². The Morgan fingerprint density at radius 3 is 2.67 bits per heavy atom. The van der Waals surface area contributed by atoms with Crippen LogP contribution in [0.4, 0.5) is 0 Å². The van der Waals surface area contributed by atoms with Gasteiger partial charge in [0.05, 0.1) is 12.3 Å². The van der Waals surface area contributed by atoms with Crippen LogP contribution in [0.2, 0.25) is 0 Å². The molecule has 0 saturated heterocycles. The molecule has 0 aliphatic carbocycles. The van der Waals surface area contributed by atoms with Crippen molar-refractivity contribution in [2.24, 2.45) is 5.10 Å². The first-order chi connectivity index (χ1) is 10.2. The summed E-state index contributed by atoms with van der Waals surface area (Å²) >= 11 is 1.59. The predicted molar refractivity (Wildman–Crippen MR) is 86.2 cm³/mol. The number of hydrogen-bond acceptors (Lipinski definition) is 4.